The number of halogens is 1. The van der Waals surface area contributed by atoms with Crippen molar-refractivity contribution in [2.45, 2.75) is 25.3 Å². The highest BCUT2D eigenvalue weighted by molar-refractivity contribution is 6.31. The van der Waals surface area contributed by atoms with Gasteiger partial charge in [0.05, 0.1) is 11.3 Å². The molecule has 0 heterocycles. The van der Waals surface area contributed by atoms with Gasteiger partial charge in [-0.15, -0.1) is 0 Å². The van der Waals surface area contributed by atoms with Gasteiger partial charge in [0.25, 0.3) is 0 Å². The zero-order chi connectivity index (χ0) is 11.7. The molecule has 0 unspecified atom stereocenters. The third kappa shape index (κ3) is 2.00. The van der Waals surface area contributed by atoms with E-state index in [-0.39, 0.29) is 5.56 Å². The van der Waals surface area contributed by atoms with Crippen LogP contribution in [0.2, 0.25) is 5.02 Å². The molecule has 1 fully saturated rings. The Morgan fingerprint density at radius 1 is 1.50 bits per heavy atom. The Kier molecular flexibility index (Phi) is 3.06. The zero-order valence-corrected chi connectivity index (χ0v) is 9.87. The van der Waals surface area contributed by atoms with Crippen LogP contribution in [0.15, 0.2) is 18.2 Å². The van der Waals surface area contributed by atoms with Gasteiger partial charge in [-0.2, -0.15) is 0 Å². The third-order valence-corrected chi connectivity index (χ3v) is 3.43. The number of hydrogen-bond donors (Lipinski definition) is 1. The van der Waals surface area contributed by atoms with Gasteiger partial charge in [-0.05, 0) is 37.5 Å². The highest BCUT2D eigenvalue weighted by Gasteiger charge is 2.25. The van der Waals surface area contributed by atoms with E-state index in [2.05, 4.69) is 0 Å². The quantitative estimate of drug-likeness (QED) is 0.882. The van der Waals surface area contributed by atoms with E-state index in [1.54, 1.807) is 12.1 Å². The molecule has 0 radical (unpaired) electrons. The summed E-state index contributed by atoms with van der Waals surface area (Å²) >= 11 is 5.81. The topological polar surface area (TPSA) is 40.5 Å². The molecule has 1 N–H and O–H groups in total. The SMILES string of the molecule is CN(c1ccc(Cl)cc1C(=O)O)C1CCC1. The van der Waals surface area contributed by atoms with Gasteiger partial charge < -0.3 is 10.0 Å². The molecule has 0 spiro atoms. The van der Waals surface area contributed by atoms with E-state index in [9.17, 15) is 4.79 Å². The standard InChI is InChI=1S/C12H14ClNO2/c1-14(9-3-2-4-9)11-6-5-8(13)7-10(11)12(15)16/h5-7,9H,2-4H2,1H3,(H,15,16). The second-order valence-corrected chi connectivity index (χ2v) is 4.60. The molecule has 0 amide bonds. The predicted molar refractivity (Wildman–Crippen MR) is 64.5 cm³/mol. The van der Waals surface area contributed by atoms with Crippen LogP contribution in [0.3, 0.4) is 0 Å². The molecule has 0 atom stereocenters. The summed E-state index contributed by atoms with van der Waals surface area (Å²) in [5, 5.41) is 9.59. The first-order valence-corrected chi connectivity index (χ1v) is 5.73. The van der Waals surface area contributed by atoms with Gasteiger partial charge in [0.1, 0.15) is 0 Å². The van der Waals surface area contributed by atoms with Crippen LogP contribution in [0.25, 0.3) is 0 Å². The first-order chi connectivity index (χ1) is 7.59. The third-order valence-electron chi connectivity index (χ3n) is 3.19. The van der Waals surface area contributed by atoms with Crippen molar-refractivity contribution in [3.8, 4) is 0 Å². The first kappa shape index (κ1) is 11.3. The van der Waals surface area contributed by atoms with E-state index in [1.165, 1.54) is 12.5 Å². The van der Waals surface area contributed by atoms with Crippen LogP contribution in [-0.2, 0) is 0 Å². The summed E-state index contributed by atoms with van der Waals surface area (Å²) in [6, 6.07) is 5.50. The van der Waals surface area contributed by atoms with Gasteiger partial charge in [0.15, 0.2) is 0 Å². The summed E-state index contributed by atoms with van der Waals surface area (Å²) in [6.07, 6.45) is 3.50. The molecule has 1 aliphatic carbocycles. The molecule has 16 heavy (non-hydrogen) atoms. The van der Waals surface area contributed by atoms with Crippen LogP contribution in [0.5, 0.6) is 0 Å². The van der Waals surface area contributed by atoms with Crippen molar-refractivity contribution in [2.75, 3.05) is 11.9 Å². The van der Waals surface area contributed by atoms with Gasteiger partial charge in [0, 0.05) is 18.1 Å². The molecule has 1 saturated carbocycles. The minimum absolute atomic E-state index is 0.280. The number of carboxylic acid groups (broad SMARTS) is 1. The first-order valence-electron chi connectivity index (χ1n) is 5.35. The molecule has 1 aromatic carbocycles. The maximum Gasteiger partial charge on any atom is 0.337 e. The van der Waals surface area contributed by atoms with Gasteiger partial charge in [-0.25, -0.2) is 4.79 Å². The molecule has 1 aliphatic rings. The van der Waals surface area contributed by atoms with Crippen molar-refractivity contribution >= 4 is 23.3 Å². The van der Waals surface area contributed by atoms with Crippen LogP contribution in [0, 0.1) is 0 Å². The van der Waals surface area contributed by atoms with Crippen molar-refractivity contribution < 1.29 is 9.90 Å². The van der Waals surface area contributed by atoms with Crippen LogP contribution < -0.4 is 4.90 Å². The molecule has 3 nitrogen and oxygen atoms in total. The average molecular weight is 240 g/mol. The Morgan fingerprint density at radius 3 is 2.69 bits per heavy atom. The fourth-order valence-corrected chi connectivity index (χ4v) is 2.13. The fourth-order valence-electron chi connectivity index (χ4n) is 1.96. The Morgan fingerprint density at radius 2 is 2.19 bits per heavy atom. The monoisotopic (exact) mass is 239 g/mol. The Hall–Kier alpha value is -1.22. The van der Waals surface area contributed by atoms with Gasteiger partial charge in [-0.3, -0.25) is 0 Å². The minimum Gasteiger partial charge on any atom is -0.478 e. The summed E-state index contributed by atoms with van der Waals surface area (Å²) in [7, 11) is 1.94. The Bertz CT molecular complexity index is 415. The van der Waals surface area contributed by atoms with Crippen LogP contribution in [0.4, 0.5) is 5.69 Å². The highest BCUT2D eigenvalue weighted by atomic mass is 35.5. The van der Waals surface area contributed by atoms with Crippen molar-refractivity contribution in [1.82, 2.24) is 0 Å². The van der Waals surface area contributed by atoms with E-state index >= 15 is 0 Å². The van der Waals surface area contributed by atoms with E-state index in [4.69, 9.17) is 16.7 Å². The maximum absolute atomic E-state index is 11.1. The van der Waals surface area contributed by atoms with Crippen molar-refractivity contribution in [2.24, 2.45) is 0 Å². The second-order valence-electron chi connectivity index (χ2n) is 4.16. The normalized spacial score (nSPS) is 15.6. The molecule has 0 aromatic heterocycles. The Balaban J connectivity index is 2.34. The minimum atomic E-state index is -0.927. The molecule has 0 bridgehead atoms. The van der Waals surface area contributed by atoms with E-state index in [0.717, 1.165) is 18.5 Å². The second kappa shape index (κ2) is 4.34. The lowest BCUT2D eigenvalue weighted by molar-refractivity contribution is 0.0697. The molecule has 0 saturated heterocycles. The number of anilines is 1. The molecular formula is C12H14ClNO2. The smallest absolute Gasteiger partial charge is 0.337 e. The molecule has 4 heteroatoms. The van der Waals surface area contributed by atoms with Crippen molar-refractivity contribution in [1.29, 1.82) is 0 Å². The Labute approximate surface area is 99.6 Å². The predicted octanol–water partition coefficient (Wildman–Crippen LogP) is 3.03. The lowest BCUT2D eigenvalue weighted by atomic mass is 9.91. The van der Waals surface area contributed by atoms with Gasteiger partial charge in [0.2, 0.25) is 0 Å². The van der Waals surface area contributed by atoms with Gasteiger partial charge in [-0.1, -0.05) is 11.6 Å². The van der Waals surface area contributed by atoms with Crippen molar-refractivity contribution in [3.05, 3.63) is 28.8 Å². The number of aromatic carboxylic acids is 1. The molecule has 2 rings (SSSR count). The molecular weight excluding hydrogens is 226 g/mol. The summed E-state index contributed by atoms with van der Waals surface area (Å²) in [4.78, 5) is 13.2. The van der Waals surface area contributed by atoms with E-state index < -0.39 is 5.97 Å². The number of nitrogens with zero attached hydrogens (tertiary/aromatic N) is 1. The van der Waals surface area contributed by atoms with E-state index in [1.807, 2.05) is 11.9 Å². The largest absolute Gasteiger partial charge is 0.478 e. The fraction of sp³-hybridized carbons (Fsp3) is 0.417. The van der Waals surface area contributed by atoms with Gasteiger partial charge >= 0.3 is 5.97 Å². The number of benzene rings is 1. The summed E-state index contributed by atoms with van der Waals surface area (Å²) in [6.45, 7) is 0. The number of hydrogen-bond acceptors (Lipinski definition) is 2. The van der Waals surface area contributed by atoms with E-state index in [0.29, 0.717) is 11.1 Å². The summed E-state index contributed by atoms with van der Waals surface area (Å²) in [5.74, 6) is -0.927. The number of carbonyl (C=O) groups is 1. The summed E-state index contributed by atoms with van der Waals surface area (Å²) < 4.78 is 0. The lowest BCUT2D eigenvalue weighted by Crippen LogP contribution is -2.37. The molecule has 0 aliphatic heterocycles. The lowest BCUT2D eigenvalue weighted by Gasteiger charge is -2.37. The van der Waals surface area contributed by atoms with Crippen molar-refractivity contribution in [3.63, 3.8) is 0 Å². The summed E-state index contributed by atoms with van der Waals surface area (Å²) in [5.41, 5.74) is 1.03. The molecule has 1 aromatic rings. The number of carboxylic acids is 1. The average Bonchev–Trinajstić information content (AvgIpc) is 2.14. The van der Waals surface area contributed by atoms with Crippen LogP contribution in [0.1, 0.15) is 29.6 Å². The van der Waals surface area contributed by atoms with Crippen LogP contribution in [-0.4, -0.2) is 24.2 Å². The highest BCUT2D eigenvalue weighted by Crippen LogP contribution is 2.31. The number of rotatable bonds is 3. The van der Waals surface area contributed by atoms with Crippen LogP contribution >= 0.6 is 11.6 Å². The maximum atomic E-state index is 11.1. The molecule has 86 valence electrons. The zero-order valence-electron chi connectivity index (χ0n) is 9.11.